The van der Waals surface area contributed by atoms with Crippen LogP contribution in [-0.4, -0.2) is 20.1 Å². The van der Waals surface area contributed by atoms with Crippen molar-refractivity contribution in [2.45, 2.75) is 30.7 Å². The van der Waals surface area contributed by atoms with Crippen LogP contribution in [0.3, 0.4) is 0 Å². The lowest BCUT2D eigenvalue weighted by Gasteiger charge is -2.12. The van der Waals surface area contributed by atoms with Crippen molar-refractivity contribution in [3.8, 4) is 5.75 Å². The number of methoxy groups -OCH3 is 1. The summed E-state index contributed by atoms with van der Waals surface area (Å²) in [6.07, 6.45) is -4.41. The molecule has 1 atom stereocenters. The highest BCUT2D eigenvalue weighted by atomic mass is 35.5. The number of ketones is 1. The summed E-state index contributed by atoms with van der Waals surface area (Å²) in [7, 11) is -5.08. The molecule has 5 aromatic carbocycles. The van der Waals surface area contributed by atoms with Crippen molar-refractivity contribution in [3.63, 3.8) is 0 Å². The van der Waals surface area contributed by atoms with E-state index in [9.17, 15) is 35.2 Å². The van der Waals surface area contributed by atoms with Gasteiger partial charge in [-0.15, -0.1) is 0 Å². The summed E-state index contributed by atoms with van der Waals surface area (Å²) in [6, 6.07) is 35.1. The second-order valence-electron chi connectivity index (χ2n) is 9.38. The van der Waals surface area contributed by atoms with E-state index in [-0.39, 0.29) is 5.78 Å². The molecule has 0 saturated heterocycles. The van der Waals surface area contributed by atoms with E-state index in [0.717, 1.165) is 36.6 Å². The summed E-state index contributed by atoms with van der Waals surface area (Å²) in [6.45, 7) is 0. The summed E-state index contributed by atoms with van der Waals surface area (Å²) >= 11 is 7.92. The average Bonchev–Trinajstić information content (AvgIpc) is 3.02. The zero-order chi connectivity index (χ0) is 33.5. The van der Waals surface area contributed by atoms with E-state index in [1.54, 1.807) is 25.3 Å². The highest BCUT2D eigenvalue weighted by Gasteiger charge is 2.33. The fourth-order valence-electron chi connectivity index (χ4n) is 4.21. The van der Waals surface area contributed by atoms with Crippen LogP contribution in [-0.2, 0) is 17.1 Å². The molecule has 238 valence electrons. The quantitative estimate of drug-likeness (QED) is 0.0700. The molecular weight excluding hydrogens is 672 g/mol. The van der Waals surface area contributed by atoms with Gasteiger partial charge in [-0.05, 0) is 84.9 Å². The maximum Gasteiger partial charge on any atom is 0.673 e. The van der Waals surface area contributed by atoms with Crippen LogP contribution in [0.25, 0.3) is 0 Å². The van der Waals surface area contributed by atoms with Crippen molar-refractivity contribution in [2.24, 2.45) is 0 Å². The molecular formula is C33H23BClF7O2S2. The Morgan fingerprint density at radius 2 is 1.22 bits per heavy atom. The van der Waals surface area contributed by atoms with Gasteiger partial charge in [0.05, 0.1) is 34.2 Å². The van der Waals surface area contributed by atoms with E-state index in [0.29, 0.717) is 21.9 Å². The largest absolute Gasteiger partial charge is 0.673 e. The van der Waals surface area contributed by atoms with Crippen LogP contribution in [0.15, 0.2) is 146 Å². The first kappa shape index (κ1) is 35.0. The fraction of sp³-hybridized carbons (Fsp3) is 0.0606. The molecule has 13 heteroatoms. The third-order valence-electron chi connectivity index (χ3n) is 6.24. The Morgan fingerprint density at radius 3 is 1.72 bits per heavy atom. The molecule has 0 aliphatic rings. The summed E-state index contributed by atoms with van der Waals surface area (Å²) in [4.78, 5) is 17.6. The lowest BCUT2D eigenvalue weighted by atomic mass is 10.0. The molecule has 46 heavy (non-hydrogen) atoms. The van der Waals surface area contributed by atoms with E-state index in [4.69, 9.17) is 16.3 Å². The van der Waals surface area contributed by atoms with Crippen LogP contribution in [0, 0.1) is 0 Å². The molecule has 0 spiro atoms. The van der Waals surface area contributed by atoms with Gasteiger partial charge in [0.25, 0.3) is 0 Å². The first-order chi connectivity index (χ1) is 21.7. The molecule has 0 aliphatic carbocycles. The Morgan fingerprint density at radius 1 is 0.717 bits per heavy atom. The third-order valence-corrected chi connectivity index (χ3v) is 9.85. The van der Waals surface area contributed by atoms with Crippen molar-refractivity contribution in [1.82, 2.24) is 0 Å². The van der Waals surface area contributed by atoms with E-state index < -0.39 is 29.9 Å². The third kappa shape index (κ3) is 9.57. The lowest BCUT2D eigenvalue weighted by molar-refractivity contribution is -0.137. The fourth-order valence-corrected chi connectivity index (χ4v) is 7.55. The van der Waals surface area contributed by atoms with Crippen LogP contribution < -0.4 is 4.74 Å². The van der Waals surface area contributed by atoms with Crippen molar-refractivity contribution in [2.75, 3.05) is 7.11 Å². The van der Waals surface area contributed by atoms with Gasteiger partial charge in [-0.2, -0.15) is 13.2 Å². The van der Waals surface area contributed by atoms with Gasteiger partial charge >= 0.3 is 13.4 Å². The van der Waals surface area contributed by atoms with Crippen molar-refractivity contribution < 1.29 is 40.0 Å². The van der Waals surface area contributed by atoms with Gasteiger partial charge in [0, 0.05) is 15.4 Å². The maximum absolute atomic E-state index is 13.3. The molecule has 0 N–H and O–H groups in total. The number of ether oxygens (including phenoxy) is 1. The lowest BCUT2D eigenvalue weighted by Crippen LogP contribution is -2.08. The number of rotatable bonds is 8. The van der Waals surface area contributed by atoms with Crippen LogP contribution in [0.2, 0.25) is 5.02 Å². The Hall–Kier alpha value is -3.87. The molecule has 0 aromatic heterocycles. The van der Waals surface area contributed by atoms with Crippen LogP contribution >= 0.6 is 23.4 Å². The molecule has 0 bridgehead atoms. The van der Waals surface area contributed by atoms with E-state index in [2.05, 4.69) is 0 Å². The summed E-state index contributed by atoms with van der Waals surface area (Å²) in [5, 5.41) is 0.379. The van der Waals surface area contributed by atoms with Crippen molar-refractivity contribution in [1.29, 1.82) is 0 Å². The Labute approximate surface area is 273 Å². The second kappa shape index (κ2) is 15.1. The predicted octanol–water partition coefficient (Wildman–Crippen LogP) is 11.1. The molecule has 0 fully saturated rings. The second-order valence-corrected chi connectivity index (χ2v) is 12.9. The summed E-state index contributed by atoms with van der Waals surface area (Å²) in [5.41, 5.74) is 0.309. The zero-order valence-electron chi connectivity index (χ0n) is 23.8. The molecule has 1 unspecified atom stereocenters. The molecule has 0 amide bonds. The first-order valence-corrected chi connectivity index (χ1v) is 15.8. The molecule has 0 radical (unpaired) electrons. The predicted molar refractivity (Wildman–Crippen MR) is 169 cm³/mol. The smallest absolute Gasteiger partial charge is 0.497 e. The number of benzene rings is 5. The van der Waals surface area contributed by atoms with E-state index in [1.165, 1.54) is 23.9 Å². The summed E-state index contributed by atoms with van der Waals surface area (Å²) in [5.74, 6) is 0.539. The molecule has 2 nitrogen and oxygen atoms in total. The highest BCUT2D eigenvalue weighted by Crippen LogP contribution is 2.38. The molecule has 5 rings (SSSR count). The minimum absolute atomic E-state index is 0.154. The van der Waals surface area contributed by atoms with Gasteiger partial charge in [0.2, 0.25) is 0 Å². The standard InChI is InChI=1S/C33H23ClF3O2S2.BF4/c1-39-24-12-18-27(19-13-24)41(26-16-10-23(11-17-26)33(35,36)37)28-20-14-25(15-21-28)40-30-9-5-8-29(34)31(30)32(38)22-6-3-2-4-7-22;2-1(3,4)5/h2-21H,1H3;/q+1;-1. The summed E-state index contributed by atoms with van der Waals surface area (Å²) < 4.78 is 84.0. The van der Waals surface area contributed by atoms with Gasteiger partial charge in [0.1, 0.15) is 5.75 Å². The van der Waals surface area contributed by atoms with Gasteiger partial charge < -0.3 is 22.0 Å². The van der Waals surface area contributed by atoms with Gasteiger partial charge in [0.15, 0.2) is 20.5 Å². The van der Waals surface area contributed by atoms with Gasteiger partial charge in [-0.1, -0.05) is 59.8 Å². The number of hydrogen-bond donors (Lipinski definition) is 0. The number of carbonyl (C=O) groups excluding carboxylic acids is 1. The first-order valence-electron chi connectivity index (χ1n) is 13.3. The maximum atomic E-state index is 13.3. The van der Waals surface area contributed by atoms with E-state index >= 15 is 0 Å². The van der Waals surface area contributed by atoms with Crippen LogP contribution in [0.5, 0.6) is 5.75 Å². The number of alkyl halides is 3. The number of carbonyl (C=O) groups is 1. The van der Waals surface area contributed by atoms with E-state index in [1.807, 2.05) is 78.9 Å². The Balaban J connectivity index is 0.000000892. The average molecular weight is 695 g/mol. The Bertz CT molecular complexity index is 1740. The van der Waals surface area contributed by atoms with Crippen LogP contribution in [0.1, 0.15) is 21.5 Å². The SMILES string of the molecule is COc1ccc([S+](c2ccc(Sc3cccc(Cl)c3C(=O)c3ccccc3)cc2)c2ccc(C(F)(F)F)cc2)cc1.F[B-](F)(F)F. The number of hydrogen-bond acceptors (Lipinski definition) is 3. The van der Waals surface area contributed by atoms with Crippen molar-refractivity contribution >= 4 is 47.3 Å². The van der Waals surface area contributed by atoms with Crippen molar-refractivity contribution in [3.05, 3.63) is 143 Å². The monoisotopic (exact) mass is 694 g/mol. The molecule has 0 heterocycles. The minimum atomic E-state index is -6.00. The zero-order valence-corrected chi connectivity index (χ0v) is 26.2. The highest BCUT2D eigenvalue weighted by molar-refractivity contribution is 7.99. The number of halogens is 8. The molecule has 0 aliphatic heterocycles. The van der Waals surface area contributed by atoms with Crippen LogP contribution in [0.4, 0.5) is 30.4 Å². The Kier molecular flexibility index (Phi) is 11.5. The molecule has 5 aromatic rings. The normalized spacial score (nSPS) is 12.1. The van der Waals surface area contributed by atoms with Gasteiger partial charge in [-0.3, -0.25) is 4.79 Å². The minimum Gasteiger partial charge on any atom is -0.497 e. The topological polar surface area (TPSA) is 26.3 Å². The molecule has 0 saturated carbocycles. The van der Waals surface area contributed by atoms with Gasteiger partial charge in [-0.25, -0.2) is 0 Å².